The first-order chi connectivity index (χ1) is 12.8. The van der Waals surface area contributed by atoms with E-state index >= 15 is 0 Å². The van der Waals surface area contributed by atoms with Gasteiger partial charge in [0, 0.05) is 24.4 Å². The SMILES string of the molecule is CCOC(=O)[C@H]1CCCN(CC(=O)Nc2cc(OC)c([N+](=O)[O-])cc2C)C1. The molecule has 0 bridgehead atoms. The number of methoxy groups -OCH3 is 1. The van der Waals surface area contributed by atoms with Crippen molar-refractivity contribution < 1.29 is 24.0 Å². The van der Waals surface area contributed by atoms with Crippen molar-refractivity contribution in [3.63, 3.8) is 0 Å². The standard InChI is InChI=1S/C18H25N3O6/c1-4-27-18(23)13-6-5-7-20(10-13)11-17(22)19-14-9-16(26-3)15(21(24)25)8-12(14)2/h8-9,13H,4-7,10-11H2,1-3H3,(H,19,22)/t13-/m0/s1. The van der Waals surface area contributed by atoms with Crippen molar-refractivity contribution in [3.05, 3.63) is 27.8 Å². The molecule has 9 nitrogen and oxygen atoms in total. The predicted molar refractivity (Wildman–Crippen MR) is 98.8 cm³/mol. The first-order valence-corrected chi connectivity index (χ1v) is 8.87. The van der Waals surface area contributed by atoms with Gasteiger partial charge in [0.2, 0.25) is 5.91 Å². The largest absolute Gasteiger partial charge is 0.490 e. The predicted octanol–water partition coefficient (Wildman–Crippen LogP) is 2.13. The van der Waals surface area contributed by atoms with Gasteiger partial charge in [-0.05, 0) is 38.8 Å². The second kappa shape index (κ2) is 9.31. The highest BCUT2D eigenvalue weighted by Crippen LogP contribution is 2.32. The normalized spacial score (nSPS) is 17.2. The third kappa shape index (κ3) is 5.40. The Kier molecular flexibility index (Phi) is 7.12. The summed E-state index contributed by atoms with van der Waals surface area (Å²) < 4.78 is 10.1. The second-order valence-electron chi connectivity index (χ2n) is 6.47. The zero-order chi connectivity index (χ0) is 20.0. The van der Waals surface area contributed by atoms with Gasteiger partial charge < -0.3 is 14.8 Å². The summed E-state index contributed by atoms with van der Waals surface area (Å²) in [5, 5.41) is 13.8. The van der Waals surface area contributed by atoms with Crippen molar-refractivity contribution in [3.8, 4) is 5.75 Å². The molecule has 0 spiro atoms. The minimum absolute atomic E-state index is 0.0845. The molecule has 1 amide bonds. The molecule has 0 radical (unpaired) electrons. The molecule has 1 N–H and O–H groups in total. The van der Waals surface area contributed by atoms with E-state index in [0.29, 0.717) is 24.4 Å². The van der Waals surface area contributed by atoms with Crippen molar-refractivity contribution in [2.24, 2.45) is 5.92 Å². The van der Waals surface area contributed by atoms with E-state index in [-0.39, 0.29) is 35.8 Å². The number of esters is 1. The van der Waals surface area contributed by atoms with Gasteiger partial charge >= 0.3 is 11.7 Å². The van der Waals surface area contributed by atoms with Crippen LogP contribution in [0.4, 0.5) is 11.4 Å². The van der Waals surface area contributed by atoms with E-state index in [9.17, 15) is 19.7 Å². The third-order valence-corrected chi connectivity index (χ3v) is 4.49. The number of aryl methyl sites for hydroxylation is 1. The number of nitro groups is 1. The highest BCUT2D eigenvalue weighted by molar-refractivity contribution is 5.93. The lowest BCUT2D eigenvalue weighted by Crippen LogP contribution is -2.43. The van der Waals surface area contributed by atoms with Crippen LogP contribution in [-0.4, -0.2) is 55.1 Å². The molecule has 27 heavy (non-hydrogen) atoms. The summed E-state index contributed by atoms with van der Waals surface area (Å²) in [6.07, 6.45) is 1.58. The number of carbonyl (C=O) groups excluding carboxylic acids is 2. The molecule has 0 unspecified atom stereocenters. The molecule has 0 saturated carbocycles. The van der Waals surface area contributed by atoms with Crippen LogP contribution in [0.3, 0.4) is 0 Å². The molecular weight excluding hydrogens is 354 g/mol. The Hall–Kier alpha value is -2.68. The van der Waals surface area contributed by atoms with Crippen LogP contribution >= 0.6 is 0 Å². The highest BCUT2D eigenvalue weighted by atomic mass is 16.6. The minimum Gasteiger partial charge on any atom is -0.490 e. The number of piperidine rings is 1. The smallest absolute Gasteiger partial charge is 0.311 e. The zero-order valence-electron chi connectivity index (χ0n) is 15.8. The van der Waals surface area contributed by atoms with E-state index in [0.717, 1.165) is 19.4 Å². The Morgan fingerprint density at radius 3 is 2.78 bits per heavy atom. The molecule has 1 fully saturated rings. The zero-order valence-corrected chi connectivity index (χ0v) is 15.8. The maximum Gasteiger partial charge on any atom is 0.311 e. The molecule has 1 aliphatic heterocycles. The van der Waals surface area contributed by atoms with Gasteiger partial charge in [-0.25, -0.2) is 0 Å². The lowest BCUT2D eigenvalue weighted by molar-refractivity contribution is -0.385. The number of nitrogens with zero attached hydrogens (tertiary/aromatic N) is 2. The van der Waals surface area contributed by atoms with Gasteiger partial charge in [0.1, 0.15) is 0 Å². The summed E-state index contributed by atoms with van der Waals surface area (Å²) >= 11 is 0. The molecule has 1 heterocycles. The summed E-state index contributed by atoms with van der Waals surface area (Å²) in [4.78, 5) is 36.8. The summed E-state index contributed by atoms with van der Waals surface area (Å²) in [7, 11) is 1.34. The minimum atomic E-state index is -0.527. The van der Waals surface area contributed by atoms with Gasteiger partial charge in [-0.3, -0.25) is 24.6 Å². The average Bonchev–Trinajstić information content (AvgIpc) is 2.63. The molecule has 1 aliphatic rings. The fourth-order valence-corrected chi connectivity index (χ4v) is 3.16. The van der Waals surface area contributed by atoms with Crippen LogP contribution in [0.25, 0.3) is 0 Å². The first kappa shape index (κ1) is 20.6. The van der Waals surface area contributed by atoms with E-state index in [2.05, 4.69) is 5.32 Å². The third-order valence-electron chi connectivity index (χ3n) is 4.49. The highest BCUT2D eigenvalue weighted by Gasteiger charge is 2.28. The number of hydrogen-bond donors (Lipinski definition) is 1. The fraction of sp³-hybridized carbons (Fsp3) is 0.556. The van der Waals surface area contributed by atoms with Gasteiger partial charge in [0.05, 0.1) is 31.1 Å². The van der Waals surface area contributed by atoms with Crippen molar-refractivity contribution in [2.45, 2.75) is 26.7 Å². The fourth-order valence-electron chi connectivity index (χ4n) is 3.16. The Morgan fingerprint density at radius 1 is 1.41 bits per heavy atom. The van der Waals surface area contributed by atoms with Gasteiger partial charge in [-0.2, -0.15) is 0 Å². The van der Waals surface area contributed by atoms with Crippen molar-refractivity contribution in [2.75, 3.05) is 38.7 Å². The average molecular weight is 379 g/mol. The van der Waals surface area contributed by atoms with E-state index < -0.39 is 4.92 Å². The van der Waals surface area contributed by atoms with E-state index in [1.54, 1.807) is 13.8 Å². The topological polar surface area (TPSA) is 111 Å². The van der Waals surface area contributed by atoms with E-state index in [1.165, 1.54) is 19.2 Å². The van der Waals surface area contributed by atoms with Crippen LogP contribution in [0.5, 0.6) is 5.75 Å². The van der Waals surface area contributed by atoms with Gasteiger partial charge in [0.25, 0.3) is 0 Å². The molecule has 0 aliphatic carbocycles. The number of nitrogens with one attached hydrogen (secondary N) is 1. The molecular formula is C18H25N3O6. The Balaban J connectivity index is 2.01. The number of anilines is 1. The van der Waals surface area contributed by atoms with Gasteiger partial charge in [0.15, 0.2) is 5.75 Å². The number of likely N-dealkylation sites (tertiary alicyclic amines) is 1. The van der Waals surface area contributed by atoms with Crippen molar-refractivity contribution >= 4 is 23.3 Å². The monoisotopic (exact) mass is 379 g/mol. The van der Waals surface area contributed by atoms with Crippen LogP contribution in [0.1, 0.15) is 25.3 Å². The van der Waals surface area contributed by atoms with Crippen LogP contribution < -0.4 is 10.1 Å². The molecule has 1 atom stereocenters. The Labute approximate surface area is 157 Å². The molecule has 1 saturated heterocycles. The molecule has 0 aromatic heterocycles. The summed E-state index contributed by atoms with van der Waals surface area (Å²) in [5.74, 6) is -0.606. The maximum atomic E-state index is 12.4. The summed E-state index contributed by atoms with van der Waals surface area (Å²) in [5.41, 5.74) is 0.876. The van der Waals surface area contributed by atoms with Crippen molar-refractivity contribution in [1.82, 2.24) is 4.90 Å². The number of rotatable bonds is 7. The van der Waals surface area contributed by atoms with E-state index in [1.807, 2.05) is 4.90 Å². The number of amides is 1. The second-order valence-corrected chi connectivity index (χ2v) is 6.47. The lowest BCUT2D eigenvalue weighted by atomic mass is 9.98. The number of nitro benzene ring substituents is 1. The summed E-state index contributed by atoms with van der Waals surface area (Å²) in [6, 6.07) is 2.81. The van der Waals surface area contributed by atoms with Crippen LogP contribution in [0, 0.1) is 23.0 Å². The number of benzene rings is 1. The number of ether oxygens (including phenoxy) is 2. The van der Waals surface area contributed by atoms with E-state index in [4.69, 9.17) is 9.47 Å². The Morgan fingerprint density at radius 2 is 2.15 bits per heavy atom. The van der Waals surface area contributed by atoms with Crippen LogP contribution in [0.2, 0.25) is 0 Å². The van der Waals surface area contributed by atoms with Crippen molar-refractivity contribution in [1.29, 1.82) is 0 Å². The Bertz CT molecular complexity index is 721. The van der Waals surface area contributed by atoms with Gasteiger partial charge in [-0.1, -0.05) is 0 Å². The lowest BCUT2D eigenvalue weighted by Gasteiger charge is -2.30. The number of carbonyl (C=O) groups is 2. The molecule has 1 aromatic carbocycles. The van der Waals surface area contributed by atoms with Crippen LogP contribution in [0.15, 0.2) is 12.1 Å². The molecule has 148 valence electrons. The maximum absolute atomic E-state index is 12.4. The number of hydrogen-bond acceptors (Lipinski definition) is 7. The molecule has 9 heteroatoms. The summed E-state index contributed by atoms with van der Waals surface area (Å²) in [6.45, 7) is 5.14. The first-order valence-electron chi connectivity index (χ1n) is 8.87. The van der Waals surface area contributed by atoms with Gasteiger partial charge in [-0.15, -0.1) is 0 Å². The quantitative estimate of drug-likeness (QED) is 0.439. The van der Waals surface area contributed by atoms with Crippen LogP contribution in [-0.2, 0) is 14.3 Å². The molecule has 1 aromatic rings. The molecule has 2 rings (SSSR count).